The van der Waals surface area contributed by atoms with Crippen LogP contribution in [0.5, 0.6) is 11.5 Å². The van der Waals surface area contributed by atoms with Crippen molar-refractivity contribution < 1.29 is 19.4 Å². The highest BCUT2D eigenvalue weighted by Gasteiger charge is 2.23. The molecule has 0 bridgehead atoms. The molecule has 0 aromatic heterocycles. The van der Waals surface area contributed by atoms with Gasteiger partial charge in [-0.1, -0.05) is 11.6 Å². The first-order valence-electron chi connectivity index (χ1n) is 6.06. The number of fused-ring (bicyclic) bond motifs is 1. The van der Waals surface area contributed by atoms with Crippen LogP contribution >= 0.6 is 11.6 Å². The van der Waals surface area contributed by atoms with Crippen LogP contribution < -0.4 is 15.2 Å². The lowest BCUT2D eigenvalue weighted by Crippen LogP contribution is -2.19. The molecule has 104 valence electrons. The highest BCUT2D eigenvalue weighted by Crippen LogP contribution is 2.42. The van der Waals surface area contributed by atoms with Crippen LogP contribution in [0.1, 0.15) is 30.0 Å². The molecule has 0 amide bonds. The van der Waals surface area contributed by atoms with Crippen molar-refractivity contribution in [3.63, 3.8) is 0 Å². The summed E-state index contributed by atoms with van der Waals surface area (Å²) in [7, 11) is 0. The highest BCUT2D eigenvalue weighted by atomic mass is 35.5. The molecule has 0 saturated heterocycles. The molecule has 1 unspecified atom stereocenters. The second-order valence-corrected chi connectivity index (χ2v) is 4.87. The summed E-state index contributed by atoms with van der Waals surface area (Å²) in [5, 5.41) is 9.19. The van der Waals surface area contributed by atoms with E-state index in [0.29, 0.717) is 36.2 Å². The van der Waals surface area contributed by atoms with Gasteiger partial charge in [-0.3, -0.25) is 4.79 Å². The number of benzene rings is 1. The second kappa shape index (κ2) is 5.67. The van der Waals surface area contributed by atoms with Crippen LogP contribution in [0.25, 0.3) is 0 Å². The Hall–Kier alpha value is -1.46. The first-order chi connectivity index (χ1) is 9.00. The van der Waals surface area contributed by atoms with Crippen LogP contribution in [0, 0.1) is 6.92 Å². The molecule has 0 fully saturated rings. The summed E-state index contributed by atoms with van der Waals surface area (Å²) >= 11 is 6.21. The van der Waals surface area contributed by atoms with Gasteiger partial charge in [-0.2, -0.15) is 0 Å². The van der Waals surface area contributed by atoms with Gasteiger partial charge in [-0.05, 0) is 18.9 Å². The number of halogens is 1. The third-order valence-electron chi connectivity index (χ3n) is 3.11. The smallest absolute Gasteiger partial charge is 0.303 e. The summed E-state index contributed by atoms with van der Waals surface area (Å²) in [6.07, 6.45) is 0.334. The average Bonchev–Trinajstić information content (AvgIpc) is 2.36. The van der Waals surface area contributed by atoms with Crippen LogP contribution in [-0.4, -0.2) is 24.3 Å². The van der Waals surface area contributed by atoms with Gasteiger partial charge in [0.15, 0.2) is 11.5 Å². The highest BCUT2D eigenvalue weighted by molar-refractivity contribution is 6.31. The van der Waals surface area contributed by atoms with Crippen molar-refractivity contribution in [2.75, 3.05) is 13.2 Å². The van der Waals surface area contributed by atoms with Crippen molar-refractivity contribution in [1.82, 2.24) is 0 Å². The Balaban J connectivity index is 2.32. The Bertz CT molecular complexity index is 504. The predicted octanol–water partition coefficient (Wildman–Crippen LogP) is 2.28. The first kappa shape index (κ1) is 14.0. The standard InChI is InChI=1S/C13H16ClNO4/c1-7-12(9(15)2-3-11(16)17)8(14)6-10-13(7)19-5-4-18-10/h6,9H,2-5,15H2,1H3,(H,16,17). The van der Waals surface area contributed by atoms with E-state index in [1.54, 1.807) is 6.07 Å². The molecule has 0 saturated carbocycles. The molecule has 1 aromatic carbocycles. The Labute approximate surface area is 116 Å². The predicted molar refractivity (Wildman–Crippen MR) is 71.0 cm³/mol. The van der Waals surface area contributed by atoms with Gasteiger partial charge in [0.05, 0.1) is 0 Å². The van der Waals surface area contributed by atoms with E-state index in [9.17, 15) is 4.79 Å². The zero-order chi connectivity index (χ0) is 14.0. The van der Waals surface area contributed by atoms with Gasteiger partial charge in [0.1, 0.15) is 13.2 Å². The zero-order valence-electron chi connectivity index (χ0n) is 10.6. The fraction of sp³-hybridized carbons (Fsp3) is 0.462. The maximum Gasteiger partial charge on any atom is 0.303 e. The lowest BCUT2D eigenvalue weighted by molar-refractivity contribution is -0.137. The molecule has 1 aliphatic rings. The number of ether oxygens (including phenoxy) is 2. The Kier molecular flexibility index (Phi) is 4.17. The van der Waals surface area contributed by atoms with Gasteiger partial charge in [0.2, 0.25) is 0 Å². The lowest BCUT2D eigenvalue weighted by Gasteiger charge is -2.24. The van der Waals surface area contributed by atoms with Crippen LogP contribution in [0.3, 0.4) is 0 Å². The largest absolute Gasteiger partial charge is 0.486 e. The van der Waals surface area contributed by atoms with Crippen molar-refractivity contribution in [1.29, 1.82) is 0 Å². The molecule has 0 radical (unpaired) electrons. The van der Waals surface area contributed by atoms with E-state index in [-0.39, 0.29) is 6.42 Å². The topological polar surface area (TPSA) is 81.8 Å². The van der Waals surface area contributed by atoms with Crippen molar-refractivity contribution in [2.24, 2.45) is 5.73 Å². The number of rotatable bonds is 4. The normalized spacial score (nSPS) is 15.1. The summed E-state index contributed by atoms with van der Waals surface area (Å²) < 4.78 is 11.0. The molecule has 1 aliphatic heterocycles. The average molecular weight is 286 g/mol. The summed E-state index contributed by atoms with van der Waals surface area (Å²) in [5.74, 6) is 0.390. The number of aliphatic carboxylic acids is 1. The minimum absolute atomic E-state index is 0.00533. The van der Waals surface area contributed by atoms with Crippen LogP contribution in [-0.2, 0) is 4.79 Å². The maximum atomic E-state index is 10.6. The second-order valence-electron chi connectivity index (χ2n) is 4.46. The first-order valence-corrected chi connectivity index (χ1v) is 6.44. The zero-order valence-corrected chi connectivity index (χ0v) is 11.4. The molecule has 3 N–H and O–H groups in total. The molecule has 1 heterocycles. The van der Waals surface area contributed by atoms with E-state index in [2.05, 4.69) is 0 Å². The van der Waals surface area contributed by atoms with Crippen molar-refractivity contribution in [3.8, 4) is 11.5 Å². The third kappa shape index (κ3) is 2.93. The van der Waals surface area contributed by atoms with Gasteiger partial charge in [-0.25, -0.2) is 0 Å². The molecule has 0 aliphatic carbocycles. The van der Waals surface area contributed by atoms with E-state index >= 15 is 0 Å². The third-order valence-corrected chi connectivity index (χ3v) is 3.42. The van der Waals surface area contributed by atoms with E-state index in [4.69, 9.17) is 31.9 Å². The Morgan fingerprint density at radius 3 is 2.89 bits per heavy atom. The monoisotopic (exact) mass is 285 g/mol. The molecule has 1 aromatic rings. The van der Waals surface area contributed by atoms with Gasteiger partial charge < -0.3 is 20.3 Å². The van der Waals surface area contributed by atoms with Gasteiger partial charge >= 0.3 is 5.97 Å². The lowest BCUT2D eigenvalue weighted by atomic mass is 9.96. The van der Waals surface area contributed by atoms with Gasteiger partial charge in [0, 0.05) is 29.1 Å². The van der Waals surface area contributed by atoms with Crippen molar-refractivity contribution in [2.45, 2.75) is 25.8 Å². The molecule has 0 spiro atoms. The summed E-state index contributed by atoms with van der Waals surface area (Å²) in [4.78, 5) is 10.6. The number of nitrogens with two attached hydrogens (primary N) is 1. The molecule has 5 nitrogen and oxygen atoms in total. The molecule has 19 heavy (non-hydrogen) atoms. The molecule has 1 atom stereocenters. The van der Waals surface area contributed by atoms with Gasteiger partial charge in [0.25, 0.3) is 0 Å². The number of carboxylic acids is 1. The van der Waals surface area contributed by atoms with Gasteiger partial charge in [-0.15, -0.1) is 0 Å². The van der Waals surface area contributed by atoms with Crippen molar-refractivity contribution in [3.05, 3.63) is 22.2 Å². The summed E-state index contributed by atoms with van der Waals surface area (Å²) in [6.45, 7) is 2.84. The quantitative estimate of drug-likeness (QED) is 0.887. The number of hydrogen-bond acceptors (Lipinski definition) is 4. The Morgan fingerprint density at radius 2 is 2.21 bits per heavy atom. The number of carbonyl (C=O) groups is 1. The number of carboxylic acid groups (broad SMARTS) is 1. The maximum absolute atomic E-state index is 10.6. The van der Waals surface area contributed by atoms with Crippen LogP contribution in [0.2, 0.25) is 5.02 Å². The minimum Gasteiger partial charge on any atom is -0.486 e. The molecule has 6 heteroatoms. The summed E-state index contributed by atoms with van der Waals surface area (Å²) in [6, 6.07) is 1.25. The fourth-order valence-electron chi connectivity index (χ4n) is 2.21. The van der Waals surface area contributed by atoms with E-state index < -0.39 is 12.0 Å². The van der Waals surface area contributed by atoms with Crippen LogP contribution in [0.15, 0.2) is 6.07 Å². The van der Waals surface area contributed by atoms with Crippen LogP contribution in [0.4, 0.5) is 0 Å². The Morgan fingerprint density at radius 1 is 1.53 bits per heavy atom. The molecule has 2 rings (SSSR count). The van der Waals surface area contributed by atoms with E-state index in [0.717, 1.165) is 11.1 Å². The minimum atomic E-state index is -0.873. The molecular weight excluding hydrogens is 270 g/mol. The van der Waals surface area contributed by atoms with Crippen molar-refractivity contribution >= 4 is 17.6 Å². The fourth-order valence-corrected chi connectivity index (χ4v) is 2.59. The van der Waals surface area contributed by atoms with E-state index in [1.165, 1.54) is 0 Å². The van der Waals surface area contributed by atoms with E-state index in [1.807, 2.05) is 6.92 Å². The summed E-state index contributed by atoms with van der Waals surface area (Å²) in [5.41, 5.74) is 7.58. The molecular formula is C13H16ClNO4. The number of hydrogen-bond donors (Lipinski definition) is 2. The SMILES string of the molecule is Cc1c2c(cc(Cl)c1C(N)CCC(=O)O)OCCO2.